The third-order valence-electron chi connectivity index (χ3n) is 3.14. The lowest BCUT2D eigenvalue weighted by Crippen LogP contribution is -2.16. The van der Waals surface area contributed by atoms with Crippen LogP contribution in [0.3, 0.4) is 0 Å². The molecule has 0 aliphatic carbocycles. The van der Waals surface area contributed by atoms with Crippen molar-refractivity contribution in [3.05, 3.63) is 59.4 Å². The van der Waals surface area contributed by atoms with Crippen LogP contribution in [0.1, 0.15) is 21.5 Å². The van der Waals surface area contributed by atoms with Gasteiger partial charge in [0.1, 0.15) is 0 Å². The highest BCUT2D eigenvalue weighted by molar-refractivity contribution is 5.84. The van der Waals surface area contributed by atoms with Gasteiger partial charge in [-0.25, -0.2) is 0 Å². The lowest BCUT2D eigenvalue weighted by molar-refractivity contribution is 0.112. The molecule has 0 spiro atoms. The third-order valence-corrected chi connectivity index (χ3v) is 3.14. The van der Waals surface area contributed by atoms with E-state index in [0.717, 1.165) is 25.1 Å². The predicted molar refractivity (Wildman–Crippen MR) is 66.0 cm³/mol. The molecule has 1 aliphatic rings. The summed E-state index contributed by atoms with van der Waals surface area (Å²) in [6.45, 7) is 1.72. The maximum absolute atomic E-state index is 11.0. The van der Waals surface area contributed by atoms with Gasteiger partial charge in [-0.3, -0.25) is 9.78 Å². The maximum Gasteiger partial charge on any atom is 0.153 e. The van der Waals surface area contributed by atoms with Crippen LogP contribution in [-0.2, 0) is 13.1 Å². The van der Waals surface area contributed by atoms with Crippen LogP contribution in [0.15, 0.2) is 42.7 Å². The summed E-state index contributed by atoms with van der Waals surface area (Å²) in [5.74, 6) is 0. The summed E-state index contributed by atoms with van der Waals surface area (Å²) >= 11 is 0. The fourth-order valence-electron chi connectivity index (χ4n) is 2.28. The SMILES string of the molecule is O=Cc1cnccc1N1Cc2ccccc2C1. The lowest BCUT2D eigenvalue weighted by Gasteiger charge is -2.18. The van der Waals surface area contributed by atoms with E-state index >= 15 is 0 Å². The average molecular weight is 224 g/mol. The smallest absolute Gasteiger partial charge is 0.153 e. The largest absolute Gasteiger partial charge is 0.362 e. The van der Waals surface area contributed by atoms with Gasteiger partial charge in [-0.15, -0.1) is 0 Å². The Labute approximate surface area is 99.7 Å². The van der Waals surface area contributed by atoms with Gasteiger partial charge in [0.15, 0.2) is 6.29 Å². The number of rotatable bonds is 2. The van der Waals surface area contributed by atoms with E-state index in [1.165, 1.54) is 11.1 Å². The van der Waals surface area contributed by atoms with Gasteiger partial charge in [0.05, 0.1) is 11.3 Å². The summed E-state index contributed by atoms with van der Waals surface area (Å²) in [5.41, 5.74) is 4.29. The van der Waals surface area contributed by atoms with Crippen molar-refractivity contribution in [2.24, 2.45) is 0 Å². The van der Waals surface area contributed by atoms with Crippen molar-refractivity contribution < 1.29 is 4.79 Å². The van der Waals surface area contributed by atoms with Gasteiger partial charge in [0, 0.05) is 25.5 Å². The standard InChI is InChI=1S/C14H12N2O/c17-10-13-7-15-6-5-14(13)16-8-11-3-1-2-4-12(11)9-16/h1-7,10H,8-9H2. The molecule has 3 nitrogen and oxygen atoms in total. The predicted octanol–water partition coefficient (Wildman–Crippen LogP) is 2.41. The molecule has 3 rings (SSSR count). The third kappa shape index (κ3) is 1.69. The second-order valence-electron chi connectivity index (χ2n) is 4.18. The topological polar surface area (TPSA) is 33.2 Å². The zero-order valence-corrected chi connectivity index (χ0v) is 9.34. The number of hydrogen-bond acceptors (Lipinski definition) is 3. The first-order chi connectivity index (χ1) is 8.38. The first-order valence-corrected chi connectivity index (χ1v) is 5.59. The summed E-state index contributed by atoms with van der Waals surface area (Å²) in [6, 6.07) is 10.3. The van der Waals surface area contributed by atoms with Crippen molar-refractivity contribution in [2.45, 2.75) is 13.1 Å². The number of carbonyl (C=O) groups excluding carboxylic acids is 1. The molecule has 0 atom stereocenters. The summed E-state index contributed by atoms with van der Waals surface area (Å²) in [4.78, 5) is 17.2. The Kier molecular flexibility index (Phi) is 2.37. The second kappa shape index (κ2) is 4.01. The van der Waals surface area contributed by atoms with Gasteiger partial charge in [0.2, 0.25) is 0 Å². The minimum Gasteiger partial charge on any atom is -0.362 e. The monoisotopic (exact) mass is 224 g/mol. The van der Waals surface area contributed by atoms with Crippen molar-refractivity contribution in [2.75, 3.05) is 4.90 Å². The molecule has 2 heterocycles. The molecule has 2 aromatic rings. The molecule has 1 aromatic carbocycles. The van der Waals surface area contributed by atoms with E-state index in [9.17, 15) is 4.79 Å². The van der Waals surface area contributed by atoms with Gasteiger partial charge in [-0.2, -0.15) is 0 Å². The van der Waals surface area contributed by atoms with Gasteiger partial charge in [-0.05, 0) is 17.2 Å². The summed E-state index contributed by atoms with van der Waals surface area (Å²) in [6.07, 6.45) is 4.21. The molecule has 3 heteroatoms. The molecular formula is C14H12N2O. The number of benzene rings is 1. The molecule has 0 bridgehead atoms. The quantitative estimate of drug-likeness (QED) is 0.734. The maximum atomic E-state index is 11.0. The number of aldehydes is 1. The molecule has 0 radical (unpaired) electrons. The van der Waals surface area contributed by atoms with Crippen LogP contribution < -0.4 is 4.90 Å². The van der Waals surface area contributed by atoms with Gasteiger partial charge in [0.25, 0.3) is 0 Å². The second-order valence-corrected chi connectivity index (χ2v) is 4.18. The number of fused-ring (bicyclic) bond motifs is 1. The molecule has 1 aromatic heterocycles. The summed E-state index contributed by atoms with van der Waals surface area (Å²) < 4.78 is 0. The normalized spacial score (nSPS) is 13.5. The van der Waals surface area contributed by atoms with E-state index in [1.807, 2.05) is 6.07 Å². The molecule has 0 amide bonds. The summed E-state index contributed by atoms with van der Waals surface area (Å²) in [5, 5.41) is 0. The van der Waals surface area contributed by atoms with Crippen LogP contribution in [0, 0.1) is 0 Å². The molecule has 1 aliphatic heterocycles. The number of pyridine rings is 1. The average Bonchev–Trinajstić information content (AvgIpc) is 2.82. The number of hydrogen-bond donors (Lipinski definition) is 0. The van der Waals surface area contributed by atoms with E-state index in [4.69, 9.17) is 0 Å². The minimum atomic E-state index is 0.653. The van der Waals surface area contributed by atoms with Crippen molar-refractivity contribution >= 4 is 12.0 Å². The Morgan fingerprint density at radius 3 is 2.47 bits per heavy atom. The van der Waals surface area contributed by atoms with Gasteiger partial charge < -0.3 is 4.90 Å². The molecule has 84 valence electrons. The Bertz CT molecular complexity index is 541. The van der Waals surface area contributed by atoms with Crippen LogP contribution in [0.4, 0.5) is 5.69 Å². The number of aromatic nitrogens is 1. The Morgan fingerprint density at radius 1 is 1.12 bits per heavy atom. The van der Waals surface area contributed by atoms with E-state index in [2.05, 4.69) is 34.1 Å². The first-order valence-electron chi connectivity index (χ1n) is 5.59. The van der Waals surface area contributed by atoms with Crippen LogP contribution in [0.25, 0.3) is 0 Å². The van der Waals surface area contributed by atoms with E-state index in [1.54, 1.807) is 12.4 Å². The Hall–Kier alpha value is -2.16. The van der Waals surface area contributed by atoms with E-state index < -0.39 is 0 Å². The van der Waals surface area contributed by atoms with Crippen LogP contribution in [0.2, 0.25) is 0 Å². The Balaban J connectivity index is 1.96. The zero-order chi connectivity index (χ0) is 11.7. The van der Waals surface area contributed by atoms with Crippen LogP contribution in [0.5, 0.6) is 0 Å². The fraction of sp³-hybridized carbons (Fsp3) is 0.143. The highest BCUT2D eigenvalue weighted by Gasteiger charge is 2.20. The molecular weight excluding hydrogens is 212 g/mol. The lowest BCUT2D eigenvalue weighted by atomic mass is 10.1. The minimum absolute atomic E-state index is 0.653. The Morgan fingerprint density at radius 2 is 1.82 bits per heavy atom. The van der Waals surface area contributed by atoms with Crippen LogP contribution in [-0.4, -0.2) is 11.3 Å². The molecule has 0 fully saturated rings. The number of nitrogens with zero attached hydrogens (tertiary/aromatic N) is 2. The van der Waals surface area contributed by atoms with E-state index in [0.29, 0.717) is 5.56 Å². The molecule has 0 unspecified atom stereocenters. The molecule has 17 heavy (non-hydrogen) atoms. The van der Waals surface area contributed by atoms with E-state index in [-0.39, 0.29) is 0 Å². The molecule has 0 N–H and O–H groups in total. The zero-order valence-electron chi connectivity index (χ0n) is 9.34. The fourth-order valence-corrected chi connectivity index (χ4v) is 2.28. The molecule has 0 saturated carbocycles. The van der Waals surface area contributed by atoms with Gasteiger partial charge >= 0.3 is 0 Å². The van der Waals surface area contributed by atoms with Gasteiger partial charge in [-0.1, -0.05) is 24.3 Å². The van der Waals surface area contributed by atoms with Crippen molar-refractivity contribution in [1.29, 1.82) is 0 Å². The van der Waals surface area contributed by atoms with Crippen molar-refractivity contribution in [3.8, 4) is 0 Å². The highest BCUT2D eigenvalue weighted by atomic mass is 16.1. The van der Waals surface area contributed by atoms with Crippen molar-refractivity contribution in [1.82, 2.24) is 4.98 Å². The highest BCUT2D eigenvalue weighted by Crippen LogP contribution is 2.29. The van der Waals surface area contributed by atoms with Crippen molar-refractivity contribution in [3.63, 3.8) is 0 Å². The first kappa shape index (κ1) is 10.0. The number of carbonyl (C=O) groups is 1. The van der Waals surface area contributed by atoms with Crippen LogP contribution >= 0.6 is 0 Å². The summed E-state index contributed by atoms with van der Waals surface area (Å²) in [7, 11) is 0. The molecule has 0 saturated heterocycles. The number of anilines is 1.